The Morgan fingerprint density at radius 2 is 0.871 bits per heavy atom. The number of rotatable bonds is 22. The Bertz CT molecular complexity index is 471. The van der Waals surface area contributed by atoms with Crippen LogP contribution in [0.4, 0.5) is 0 Å². The lowest BCUT2D eigenvalue weighted by atomic mass is 10.2. The summed E-state index contributed by atoms with van der Waals surface area (Å²) in [6.45, 7) is 3.75. The van der Waals surface area contributed by atoms with Gasteiger partial charge in [-0.2, -0.15) is 0 Å². The molecule has 0 radical (unpaired) electrons. The Balaban J connectivity index is 3.21. The lowest BCUT2D eigenvalue weighted by Gasteiger charge is -2.08. The molecule has 180 valence electrons. The molecule has 0 heterocycles. The molecule has 0 aliphatic rings. The number of carbonyl (C=O) groups is 4. The van der Waals surface area contributed by atoms with Crippen molar-refractivity contribution in [3.8, 4) is 0 Å². The van der Waals surface area contributed by atoms with Gasteiger partial charge in [0.2, 0.25) is 11.8 Å². The molecule has 4 N–H and O–H groups in total. The third-order valence-electron chi connectivity index (χ3n) is 3.91. The Morgan fingerprint density at radius 3 is 1.23 bits per heavy atom. The molecule has 11 heteroatoms. The first kappa shape index (κ1) is 28.8. The Morgan fingerprint density at radius 1 is 0.516 bits per heavy atom. The van der Waals surface area contributed by atoms with E-state index in [1.165, 1.54) is 0 Å². The highest BCUT2D eigenvalue weighted by Crippen LogP contribution is 1.96. The largest absolute Gasteiger partial charge is 0.481 e. The summed E-state index contributed by atoms with van der Waals surface area (Å²) in [5.41, 5.74) is 0. The summed E-state index contributed by atoms with van der Waals surface area (Å²) in [5.74, 6) is -2.10. The monoisotopic (exact) mass is 448 g/mol. The quantitative estimate of drug-likeness (QED) is 0.173. The molecule has 0 atom stereocenters. The summed E-state index contributed by atoms with van der Waals surface area (Å²) in [7, 11) is 0. The molecule has 0 aromatic heterocycles. The molecule has 2 amide bonds. The zero-order valence-electron chi connectivity index (χ0n) is 18.1. The van der Waals surface area contributed by atoms with E-state index in [1.54, 1.807) is 0 Å². The van der Waals surface area contributed by atoms with Crippen LogP contribution in [0.3, 0.4) is 0 Å². The van der Waals surface area contributed by atoms with Crippen LogP contribution in [0.1, 0.15) is 51.4 Å². The number of amides is 2. The van der Waals surface area contributed by atoms with Crippen molar-refractivity contribution in [1.82, 2.24) is 10.6 Å². The van der Waals surface area contributed by atoms with Gasteiger partial charge in [-0.1, -0.05) is 0 Å². The maximum absolute atomic E-state index is 11.4. The highest BCUT2D eigenvalue weighted by Gasteiger charge is 2.04. The zero-order chi connectivity index (χ0) is 23.2. The molecule has 0 saturated carbocycles. The van der Waals surface area contributed by atoms with Crippen molar-refractivity contribution >= 4 is 23.8 Å². The van der Waals surface area contributed by atoms with Gasteiger partial charge in [0.1, 0.15) is 0 Å². The van der Waals surface area contributed by atoms with Crippen molar-refractivity contribution in [3.63, 3.8) is 0 Å². The van der Waals surface area contributed by atoms with Crippen molar-refractivity contribution in [2.24, 2.45) is 0 Å². The second-order valence-corrected chi connectivity index (χ2v) is 6.74. The van der Waals surface area contributed by atoms with Gasteiger partial charge in [0.05, 0.1) is 26.4 Å². The van der Waals surface area contributed by atoms with Gasteiger partial charge in [-0.3, -0.25) is 19.2 Å². The van der Waals surface area contributed by atoms with E-state index in [-0.39, 0.29) is 37.5 Å². The average Bonchev–Trinajstić information content (AvgIpc) is 2.70. The smallest absolute Gasteiger partial charge is 0.303 e. The molecule has 0 aliphatic heterocycles. The van der Waals surface area contributed by atoms with Gasteiger partial charge >= 0.3 is 11.9 Å². The van der Waals surface area contributed by atoms with Gasteiger partial charge < -0.3 is 35.1 Å². The van der Waals surface area contributed by atoms with E-state index in [4.69, 9.17) is 24.4 Å². The zero-order valence-corrected chi connectivity index (χ0v) is 18.1. The number of carboxylic acid groups (broad SMARTS) is 2. The molecule has 0 unspecified atom stereocenters. The van der Waals surface area contributed by atoms with Crippen LogP contribution in [0.2, 0.25) is 0 Å². The van der Waals surface area contributed by atoms with Gasteiger partial charge in [0.15, 0.2) is 0 Å². The average molecular weight is 449 g/mol. The van der Waals surface area contributed by atoms with Crippen LogP contribution in [0.5, 0.6) is 0 Å². The fraction of sp³-hybridized carbons (Fsp3) is 0.800. The van der Waals surface area contributed by atoms with Gasteiger partial charge in [0, 0.05) is 52.0 Å². The summed E-state index contributed by atoms with van der Waals surface area (Å²) in [5, 5.41) is 22.4. The maximum atomic E-state index is 11.4. The summed E-state index contributed by atoms with van der Waals surface area (Å²) in [6, 6.07) is 0. The van der Waals surface area contributed by atoms with E-state index in [1.807, 2.05) is 0 Å². The molecule has 0 saturated heterocycles. The second kappa shape index (κ2) is 21.0. The van der Waals surface area contributed by atoms with Crippen LogP contribution >= 0.6 is 0 Å². The van der Waals surface area contributed by atoms with Crippen molar-refractivity contribution in [2.45, 2.75) is 51.4 Å². The number of hydrogen-bond donors (Lipinski definition) is 4. The normalized spacial score (nSPS) is 10.6. The SMILES string of the molecule is O=C(O)CCCC(=O)NCCCOCCOCCOCCCNC(=O)CCCC(=O)O. The molecule has 0 aliphatic carbocycles. The molecule has 0 aromatic rings. The fourth-order valence-electron chi connectivity index (χ4n) is 2.32. The second-order valence-electron chi connectivity index (χ2n) is 6.74. The minimum Gasteiger partial charge on any atom is -0.481 e. The van der Waals surface area contributed by atoms with Crippen LogP contribution < -0.4 is 10.6 Å². The minimum absolute atomic E-state index is 0.00261. The Labute approximate surface area is 182 Å². The Hall–Kier alpha value is -2.24. The van der Waals surface area contributed by atoms with Crippen LogP contribution in [0, 0.1) is 0 Å². The van der Waals surface area contributed by atoms with E-state index < -0.39 is 11.9 Å². The lowest BCUT2D eigenvalue weighted by Crippen LogP contribution is -2.25. The molecule has 0 spiro atoms. The fourth-order valence-corrected chi connectivity index (χ4v) is 2.32. The van der Waals surface area contributed by atoms with Crippen LogP contribution in [-0.2, 0) is 33.4 Å². The van der Waals surface area contributed by atoms with Gasteiger partial charge in [-0.15, -0.1) is 0 Å². The van der Waals surface area contributed by atoms with E-state index in [0.717, 1.165) is 0 Å². The van der Waals surface area contributed by atoms with Crippen molar-refractivity contribution in [2.75, 3.05) is 52.7 Å². The molecule has 0 rings (SSSR count). The molecule has 0 aromatic carbocycles. The Kier molecular flexibility index (Phi) is 19.5. The van der Waals surface area contributed by atoms with Crippen LogP contribution in [0.25, 0.3) is 0 Å². The number of hydrogen-bond acceptors (Lipinski definition) is 7. The first-order valence-corrected chi connectivity index (χ1v) is 10.6. The minimum atomic E-state index is -0.900. The number of carbonyl (C=O) groups excluding carboxylic acids is 2. The molecule has 0 bridgehead atoms. The first-order valence-electron chi connectivity index (χ1n) is 10.6. The topological polar surface area (TPSA) is 160 Å². The number of carboxylic acids is 2. The third kappa shape index (κ3) is 23.9. The highest BCUT2D eigenvalue weighted by atomic mass is 16.5. The standard InChI is InChI=1S/C20H36N2O9/c23-17(5-1-7-19(25)26)21-9-3-11-29-13-15-31-16-14-30-12-4-10-22-18(24)6-2-8-20(27)28/h1-16H2,(H,21,23)(H,22,24)(H,25,26)(H,27,28). The van der Waals surface area contributed by atoms with Crippen molar-refractivity contribution < 1.29 is 43.6 Å². The summed E-state index contributed by atoms with van der Waals surface area (Å²) in [4.78, 5) is 43.5. The van der Waals surface area contributed by atoms with Gasteiger partial charge in [0.25, 0.3) is 0 Å². The number of ether oxygens (including phenoxy) is 3. The van der Waals surface area contributed by atoms with E-state index >= 15 is 0 Å². The molecule has 11 nitrogen and oxygen atoms in total. The third-order valence-corrected chi connectivity index (χ3v) is 3.91. The van der Waals surface area contributed by atoms with Crippen molar-refractivity contribution in [1.29, 1.82) is 0 Å². The van der Waals surface area contributed by atoms with Crippen LogP contribution in [0.15, 0.2) is 0 Å². The highest BCUT2D eigenvalue weighted by molar-refractivity contribution is 5.77. The maximum Gasteiger partial charge on any atom is 0.303 e. The predicted octanol–water partition coefficient (Wildman–Crippen LogP) is 0.559. The van der Waals surface area contributed by atoms with E-state index in [2.05, 4.69) is 10.6 Å². The first-order chi connectivity index (χ1) is 14.9. The molecular formula is C20H36N2O9. The van der Waals surface area contributed by atoms with Gasteiger partial charge in [-0.25, -0.2) is 0 Å². The van der Waals surface area contributed by atoms with Crippen molar-refractivity contribution in [3.05, 3.63) is 0 Å². The summed E-state index contributed by atoms with van der Waals surface area (Å²) >= 11 is 0. The molecule has 31 heavy (non-hydrogen) atoms. The van der Waals surface area contributed by atoms with E-state index in [9.17, 15) is 19.2 Å². The predicted molar refractivity (Wildman–Crippen MR) is 111 cm³/mol. The van der Waals surface area contributed by atoms with Gasteiger partial charge in [-0.05, 0) is 25.7 Å². The molecule has 0 fully saturated rings. The summed E-state index contributed by atoms with van der Waals surface area (Å²) < 4.78 is 16.1. The van der Waals surface area contributed by atoms with Crippen LogP contribution in [-0.4, -0.2) is 86.7 Å². The summed E-state index contributed by atoms with van der Waals surface area (Å²) in [6.07, 6.45) is 2.44. The number of aliphatic carboxylic acids is 2. The van der Waals surface area contributed by atoms with E-state index in [0.29, 0.717) is 78.4 Å². The molecular weight excluding hydrogens is 412 g/mol. The lowest BCUT2D eigenvalue weighted by molar-refractivity contribution is -0.138. The number of nitrogens with one attached hydrogen (secondary N) is 2.